The van der Waals surface area contributed by atoms with Gasteiger partial charge in [-0.1, -0.05) is 13.3 Å². The first kappa shape index (κ1) is 12.0. The summed E-state index contributed by atoms with van der Waals surface area (Å²) >= 11 is 0. The summed E-state index contributed by atoms with van der Waals surface area (Å²) in [6, 6.07) is 3.57. The van der Waals surface area contributed by atoms with E-state index in [0.29, 0.717) is 17.2 Å². The van der Waals surface area contributed by atoms with E-state index in [9.17, 15) is 5.11 Å². The van der Waals surface area contributed by atoms with Crippen molar-refractivity contribution in [3.63, 3.8) is 0 Å². The molecule has 0 aliphatic carbocycles. The standard InChI is InChI=1S/C13H18O4/c1-3-4-9(2)17-11-6-13-12(15-8-16-13)5-10(11)7-14/h5-6,9,14H,3-4,7-8H2,1-2H3. The molecule has 0 amide bonds. The van der Waals surface area contributed by atoms with Crippen molar-refractivity contribution in [2.45, 2.75) is 39.4 Å². The summed E-state index contributed by atoms with van der Waals surface area (Å²) in [4.78, 5) is 0. The van der Waals surface area contributed by atoms with Crippen molar-refractivity contribution in [2.24, 2.45) is 0 Å². The van der Waals surface area contributed by atoms with Gasteiger partial charge in [0.1, 0.15) is 5.75 Å². The summed E-state index contributed by atoms with van der Waals surface area (Å²) in [6.07, 6.45) is 2.19. The van der Waals surface area contributed by atoms with Gasteiger partial charge in [0.15, 0.2) is 11.5 Å². The second kappa shape index (κ2) is 5.27. The molecule has 0 aromatic heterocycles. The zero-order valence-corrected chi connectivity index (χ0v) is 10.2. The molecule has 1 N–H and O–H groups in total. The lowest BCUT2D eigenvalue weighted by atomic mass is 10.1. The highest BCUT2D eigenvalue weighted by Crippen LogP contribution is 2.38. The number of hydrogen-bond donors (Lipinski definition) is 1. The molecular weight excluding hydrogens is 220 g/mol. The van der Waals surface area contributed by atoms with E-state index in [1.807, 2.05) is 6.92 Å². The van der Waals surface area contributed by atoms with Crippen LogP contribution in [0.1, 0.15) is 32.3 Å². The minimum Gasteiger partial charge on any atom is -0.490 e. The van der Waals surface area contributed by atoms with E-state index in [1.54, 1.807) is 12.1 Å². The SMILES string of the molecule is CCCC(C)Oc1cc2c(cc1CO)OCO2. The van der Waals surface area contributed by atoms with Crippen LogP contribution in [0, 0.1) is 0 Å². The second-order valence-electron chi connectivity index (χ2n) is 4.19. The lowest BCUT2D eigenvalue weighted by molar-refractivity contribution is 0.173. The molecular formula is C13H18O4. The highest BCUT2D eigenvalue weighted by Gasteiger charge is 2.18. The maximum Gasteiger partial charge on any atom is 0.231 e. The van der Waals surface area contributed by atoms with Gasteiger partial charge < -0.3 is 19.3 Å². The maximum atomic E-state index is 9.32. The van der Waals surface area contributed by atoms with Gasteiger partial charge in [-0.15, -0.1) is 0 Å². The Morgan fingerprint density at radius 3 is 2.71 bits per heavy atom. The topological polar surface area (TPSA) is 47.9 Å². The molecule has 0 fully saturated rings. The van der Waals surface area contributed by atoms with Gasteiger partial charge in [-0.3, -0.25) is 0 Å². The zero-order chi connectivity index (χ0) is 12.3. The summed E-state index contributed by atoms with van der Waals surface area (Å²) in [5.41, 5.74) is 0.734. The van der Waals surface area contributed by atoms with Gasteiger partial charge >= 0.3 is 0 Å². The van der Waals surface area contributed by atoms with Crippen molar-refractivity contribution >= 4 is 0 Å². The number of rotatable bonds is 5. The fourth-order valence-electron chi connectivity index (χ4n) is 1.88. The highest BCUT2D eigenvalue weighted by atomic mass is 16.7. The van der Waals surface area contributed by atoms with Crippen LogP contribution in [0.15, 0.2) is 12.1 Å². The lowest BCUT2D eigenvalue weighted by Gasteiger charge is -2.16. The second-order valence-corrected chi connectivity index (χ2v) is 4.19. The van der Waals surface area contributed by atoms with Gasteiger partial charge in [-0.05, 0) is 19.4 Å². The summed E-state index contributed by atoms with van der Waals surface area (Å²) < 4.78 is 16.4. The van der Waals surface area contributed by atoms with Crippen LogP contribution in [0.25, 0.3) is 0 Å². The summed E-state index contributed by atoms with van der Waals surface area (Å²) in [7, 11) is 0. The number of ether oxygens (including phenoxy) is 3. The minimum absolute atomic E-state index is 0.0647. The molecule has 4 nitrogen and oxygen atoms in total. The van der Waals surface area contributed by atoms with Gasteiger partial charge in [0.2, 0.25) is 6.79 Å². The molecule has 1 unspecified atom stereocenters. The van der Waals surface area contributed by atoms with Crippen molar-refractivity contribution < 1.29 is 19.3 Å². The molecule has 94 valence electrons. The molecule has 1 heterocycles. The quantitative estimate of drug-likeness (QED) is 0.856. The van der Waals surface area contributed by atoms with E-state index in [4.69, 9.17) is 14.2 Å². The molecule has 1 aliphatic heterocycles. The Morgan fingerprint density at radius 2 is 2.06 bits per heavy atom. The Kier molecular flexibility index (Phi) is 3.74. The maximum absolute atomic E-state index is 9.32. The Balaban J connectivity index is 2.20. The van der Waals surface area contributed by atoms with Crippen LogP contribution in [-0.4, -0.2) is 18.0 Å². The molecule has 17 heavy (non-hydrogen) atoms. The van der Waals surface area contributed by atoms with Gasteiger partial charge in [-0.25, -0.2) is 0 Å². The summed E-state index contributed by atoms with van der Waals surface area (Å²) in [6.45, 7) is 4.31. The molecule has 1 aliphatic rings. The molecule has 0 bridgehead atoms. The molecule has 0 spiro atoms. The summed E-state index contributed by atoms with van der Waals surface area (Å²) in [5, 5.41) is 9.32. The number of benzene rings is 1. The first-order chi connectivity index (χ1) is 8.24. The third kappa shape index (κ3) is 2.64. The molecule has 4 heteroatoms. The predicted molar refractivity (Wildman–Crippen MR) is 63.5 cm³/mol. The van der Waals surface area contributed by atoms with Crippen molar-refractivity contribution in [3.05, 3.63) is 17.7 Å². The Morgan fingerprint density at radius 1 is 1.35 bits per heavy atom. The minimum atomic E-state index is -0.0647. The average molecular weight is 238 g/mol. The fourth-order valence-corrected chi connectivity index (χ4v) is 1.88. The first-order valence-corrected chi connectivity index (χ1v) is 5.94. The molecule has 1 atom stereocenters. The van der Waals surface area contributed by atoms with E-state index in [0.717, 1.165) is 18.4 Å². The molecule has 2 rings (SSSR count). The molecule has 0 radical (unpaired) electrons. The number of aliphatic hydroxyl groups is 1. The van der Waals surface area contributed by atoms with E-state index in [1.165, 1.54) is 0 Å². The molecule has 0 saturated heterocycles. The number of hydrogen-bond acceptors (Lipinski definition) is 4. The van der Waals surface area contributed by atoms with Gasteiger partial charge in [0.25, 0.3) is 0 Å². The van der Waals surface area contributed by atoms with Crippen LogP contribution < -0.4 is 14.2 Å². The Labute approximate surface area is 101 Å². The monoisotopic (exact) mass is 238 g/mol. The van der Waals surface area contributed by atoms with Gasteiger partial charge in [-0.2, -0.15) is 0 Å². The molecule has 0 saturated carbocycles. The van der Waals surface area contributed by atoms with Crippen molar-refractivity contribution in [3.8, 4) is 17.2 Å². The third-order valence-corrected chi connectivity index (χ3v) is 2.75. The van der Waals surface area contributed by atoms with Crippen LogP contribution in [0.4, 0.5) is 0 Å². The van der Waals surface area contributed by atoms with Crippen LogP contribution in [0.3, 0.4) is 0 Å². The van der Waals surface area contributed by atoms with Crippen molar-refractivity contribution in [2.75, 3.05) is 6.79 Å². The lowest BCUT2D eigenvalue weighted by Crippen LogP contribution is -2.12. The zero-order valence-electron chi connectivity index (χ0n) is 10.2. The van der Waals surface area contributed by atoms with Crippen LogP contribution in [0.2, 0.25) is 0 Å². The Bertz CT molecular complexity index is 389. The number of aliphatic hydroxyl groups excluding tert-OH is 1. The average Bonchev–Trinajstić information content (AvgIpc) is 2.75. The fraction of sp³-hybridized carbons (Fsp3) is 0.538. The van der Waals surface area contributed by atoms with Crippen molar-refractivity contribution in [1.29, 1.82) is 0 Å². The van der Waals surface area contributed by atoms with Crippen LogP contribution in [0.5, 0.6) is 17.2 Å². The predicted octanol–water partition coefficient (Wildman–Crippen LogP) is 2.48. The van der Waals surface area contributed by atoms with Crippen LogP contribution >= 0.6 is 0 Å². The largest absolute Gasteiger partial charge is 0.490 e. The van der Waals surface area contributed by atoms with Crippen LogP contribution in [-0.2, 0) is 6.61 Å². The normalized spacial score (nSPS) is 14.8. The van der Waals surface area contributed by atoms with E-state index < -0.39 is 0 Å². The molecule has 1 aromatic carbocycles. The molecule has 1 aromatic rings. The third-order valence-electron chi connectivity index (χ3n) is 2.75. The van der Waals surface area contributed by atoms with Crippen molar-refractivity contribution in [1.82, 2.24) is 0 Å². The summed E-state index contributed by atoms with van der Waals surface area (Å²) in [5.74, 6) is 2.03. The number of fused-ring (bicyclic) bond motifs is 1. The van der Waals surface area contributed by atoms with Gasteiger partial charge in [0.05, 0.1) is 12.7 Å². The van der Waals surface area contributed by atoms with Gasteiger partial charge in [0, 0.05) is 11.6 Å². The van der Waals surface area contributed by atoms with E-state index in [2.05, 4.69) is 6.92 Å². The highest BCUT2D eigenvalue weighted by molar-refractivity contribution is 5.51. The van der Waals surface area contributed by atoms with E-state index >= 15 is 0 Å². The smallest absolute Gasteiger partial charge is 0.231 e. The van der Waals surface area contributed by atoms with E-state index in [-0.39, 0.29) is 19.5 Å². The first-order valence-electron chi connectivity index (χ1n) is 5.94. The Hall–Kier alpha value is -1.42.